The third-order valence-corrected chi connectivity index (χ3v) is 12.4. The molecule has 0 bridgehead atoms. The zero-order chi connectivity index (χ0) is 41.7. The summed E-state index contributed by atoms with van der Waals surface area (Å²) in [7, 11) is 0. The smallest absolute Gasteiger partial charge is 0.136 e. The summed E-state index contributed by atoms with van der Waals surface area (Å²) in [6.07, 6.45) is 0. The molecule has 0 spiro atoms. The van der Waals surface area contributed by atoms with Gasteiger partial charge in [0.25, 0.3) is 0 Å². The molecule has 0 aliphatic heterocycles. The van der Waals surface area contributed by atoms with Gasteiger partial charge in [-0.3, -0.25) is 0 Å². The molecule has 10 aromatic carbocycles. The number of hydrogen-bond acceptors (Lipinski definition) is 2. The van der Waals surface area contributed by atoms with Crippen molar-refractivity contribution in [1.82, 2.24) is 4.57 Å². The molecule has 2 aromatic heterocycles. The van der Waals surface area contributed by atoms with E-state index < -0.39 is 0 Å². The van der Waals surface area contributed by atoms with Crippen molar-refractivity contribution in [2.75, 3.05) is 4.90 Å². The van der Waals surface area contributed by atoms with Crippen molar-refractivity contribution >= 4 is 60.8 Å². The fourth-order valence-corrected chi connectivity index (χ4v) is 9.55. The van der Waals surface area contributed by atoms with E-state index in [-0.39, 0.29) is 0 Å². The minimum absolute atomic E-state index is 0.878. The molecule has 0 amide bonds. The number of aromatic nitrogens is 1. The summed E-state index contributed by atoms with van der Waals surface area (Å²) in [5, 5.41) is 4.75. The van der Waals surface area contributed by atoms with Gasteiger partial charge in [0.1, 0.15) is 11.2 Å². The van der Waals surface area contributed by atoms with Gasteiger partial charge in [0.15, 0.2) is 0 Å². The van der Waals surface area contributed by atoms with Gasteiger partial charge in [-0.2, -0.15) is 0 Å². The molecule has 63 heavy (non-hydrogen) atoms. The lowest BCUT2D eigenvalue weighted by Gasteiger charge is -2.29. The molecule has 0 fully saturated rings. The molecule has 0 aliphatic carbocycles. The molecule has 12 aromatic rings. The van der Waals surface area contributed by atoms with Gasteiger partial charge in [-0.1, -0.05) is 176 Å². The Morgan fingerprint density at radius 1 is 0.317 bits per heavy atom. The Morgan fingerprint density at radius 3 is 1.57 bits per heavy atom. The summed E-state index contributed by atoms with van der Waals surface area (Å²) in [6, 6.07) is 87.1. The maximum Gasteiger partial charge on any atom is 0.136 e. The van der Waals surface area contributed by atoms with Crippen molar-refractivity contribution in [2.45, 2.75) is 0 Å². The van der Waals surface area contributed by atoms with Crippen LogP contribution in [-0.4, -0.2) is 4.57 Å². The monoisotopic (exact) mass is 804 g/mol. The second-order valence-electron chi connectivity index (χ2n) is 16.1. The molecule has 3 nitrogen and oxygen atoms in total. The minimum atomic E-state index is 0.878. The van der Waals surface area contributed by atoms with Crippen molar-refractivity contribution < 1.29 is 4.42 Å². The molecule has 296 valence electrons. The third-order valence-electron chi connectivity index (χ3n) is 12.4. The average Bonchev–Trinajstić information content (AvgIpc) is 3.91. The van der Waals surface area contributed by atoms with Crippen molar-refractivity contribution in [3.8, 4) is 50.2 Å². The van der Waals surface area contributed by atoms with Crippen LogP contribution in [0.1, 0.15) is 0 Å². The van der Waals surface area contributed by atoms with E-state index in [1.807, 2.05) is 6.07 Å². The van der Waals surface area contributed by atoms with E-state index in [1.54, 1.807) is 0 Å². The molecule has 0 atom stereocenters. The number of para-hydroxylation sites is 4. The van der Waals surface area contributed by atoms with E-state index in [9.17, 15) is 0 Å². The zero-order valence-electron chi connectivity index (χ0n) is 34.4. The van der Waals surface area contributed by atoms with E-state index in [4.69, 9.17) is 4.42 Å². The van der Waals surface area contributed by atoms with Crippen molar-refractivity contribution in [1.29, 1.82) is 0 Å². The second-order valence-corrected chi connectivity index (χ2v) is 16.1. The maximum absolute atomic E-state index is 6.40. The summed E-state index contributed by atoms with van der Waals surface area (Å²) >= 11 is 0. The Labute approximate surface area is 366 Å². The van der Waals surface area contributed by atoms with Gasteiger partial charge in [0.2, 0.25) is 0 Å². The molecule has 0 saturated heterocycles. The number of fused-ring (bicyclic) bond motifs is 6. The average molecular weight is 805 g/mol. The topological polar surface area (TPSA) is 21.3 Å². The Kier molecular flexibility index (Phi) is 8.83. The van der Waals surface area contributed by atoms with Crippen LogP contribution in [-0.2, 0) is 0 Å². The molecule has 3 heteroatoms. The van der Waals surface area contributed by atoms with Crippen molar-refractivity contribution in [3.63, 3.8) is 0 Å². The minimum Gasteiger partial charge on any atom is -0.456 e. The molecule has 0 saturated carbocycles. The number of rotatable bonds is 8. The first-order valence-corrected chi connectivity index (χ1v) is 21.5. The zero-order valence-corrected chi connectivity index (χ0v) is 34.4. The van der Waals surface area contributed by atoms with Crippen molar-refractivity contribution in [2.24, 2.45) is 0 Å². The van der Waals surface area contributed by atoms with Gasteiger partial charge in [-0.25, -0.2) is 0 Å². The van der Waals surface area contributed by atoms with Crippen LogP contribution in [0, 0.1) is 0 Å². The molecule has 0 radical (unpaired) electrons. The third kappa shape index (κ3) is 6.29. The van der Waals surface area contributed by atoms with Gasteiger partial charge >= 0.3 is 0 Å². The standard InChI is InChI=1S/C60H40N2O/c1-2-16-43(17-3-1)48-20-4-5-21-49(48)44-18-14-19-47(40-44)61(55-27-10-8-24-52(55)53-26-15-31-59-60(53)54-25-9-13-30-58(54)63-59)45-36-32-41(33-37-45)42-34-38-46(39-35-42)62-56-28-11-6-22-50(56)51-23-7-12-29-57(51)62/h1-40H. The van der Waals surface area contributed by atoms with E-state index in [2.05, 4.69) is 246 Å². The van der Waals surface area contributed by atoms with E-state index in [1.165, 1.54) is 38.5 Å². The molecule has 0 N–H and O–H groups in total. The fraction of sp³-hybridized carbons (Fsp3) is 0. The van der Waals surface area contributed by atoms with Crippen molar-refractivity contribution in [3.05, 3.63) is 243 Å². The summed E-state index contributed by atoms with van der Waals surface area (Å²) < 4.78 is 8.77. The van der Waals surface area contributed by atoms with E-state index >= 15 is 0 Å². The van der Waals surface area contributed by atoms with Crippen LogP contribution in [0.4, 0.5) is 17.1 Å². The number of benzene rings is 10. The quantitative estimate of drug-likeness (QED) is 0.153. The van der Waals surface area contributed by atoms with Crippen LogP contribution in [0.3, 0.4) is 0 Å². The van der Waals surface area contributed by atoms with Crippen LogP contribution in [0.25, 0.3) is 93.9 Å². The lowest BCUT2D eigenvalue weighted by Crippen LogP contribution is -2.11. The molecule has 0 unspecified atom stereocenters. The highest BCUT2D eigenvalue weighted by molar-refractivity contribution is 6.14. The largest absolute Gasteiger partial charge is 0.456 e. The molecular formula is C60H40N2O. The predicted octanol–water partition coefficient (Wildman–Crippen LogP) is 16.8. The highest BCUT2D eigenvalue weighted by Crippen LogP contribution is 2.46. The Hall–Kier alpha value is -8.40. The van der Waals surface area contributed by atoms with Gasteiger partial charge < -0.3 is 13.9 Å². The van der Waals surface area contributed by atoms with Gasteiger partial charge in [0.05, 0.1) is 16.7 Å². The highest BCUT2D eigenvalue weighted by atomic mass is 16.3. The van der Waals surface area contributed by atoms with Crippen LogP contribution < -0.4 is 4.90 Å². The highest BCUT2D eigenvalue weighted by Gasteiger charge is 2.21. The molecule has 12 rings (SSSR count). The first-order chi connectivity index (χ1) is 31.3. The second kappa shape index (κ2) is 15.3. The SMILES string of the molecule is c1ccc(-c2ccccc2-c2cccc(N(c3ccc(-c4ccc(-n5c6ccccc6c6ccccc65)cc4)cc3)c3ccccc3-c3cccc4oc5ccccc5c34)c2)cc1. The molecule has 0 aliphatic rings. The summed E-state index contributed by atoms with van der Waals surface area (Å²) in [4.78, 5) is 2.40. The van der Waals surface area contributed by atoms with Gasteiger partial charge in [-0.05, 0) is 106 Å². The van der Waals surface area contributed by atoms with E-state index in [0.29, 0.717) is 0 Å². The number of furan rings is 1. The first kappa shape index (κ1) is 36.5. The number of anilines is 3. The lowest BCUT2D eigenvalue weighted by atomic mass is 9.94. The number of nitrogens with zero attached hydrogens (tertiary/aromatic N) is 2. The number of hydrogen-bond donors (Lipinski definition) is 0. The first-order valence-electron chi connectivity index (χ1n) is 21.5. The molecule has 2 heterocycles. The Balaban J connectivity index is 0.986. The summed E-state index contributed by atoms with van der Waals surface area (Å²) in [5.41, 5.74) is 17.8. The van der Waals surface area contributed by atoms with Gasteiger partial charge in [0, 0.05) is 44.2 Å². The van der Waals surface area contributed by atoms with Crippen LogP contribution >= 0.6 is 0 Å². The normalized spacial score (nSPS) is 11.5. The fourth-order valence-electron chi connectivity index (χ4n) is 9.55. The summed E-state index contributed by atoms with van der Waals surface area (Å²) in [6.45, 7) is 0. The lowest BCUT2D eigenvalue weighted by molar-refractivity contribution is 0.669. The van der Waals surface area contributed by atoms with Crippen LogP contribution in [0.5, 0.6) is 0 Å². The molecular weight excluding hydrogens is 765 g/mol. The Bertz CT molecular complexity index is 3560. The van der Waals surface area contributed by atoms with Crippen LogP contribution in [0.2, 0.25) is 0 Å². The summed E-state index contributed by atoms with van der Waals surface area (Å²) in [5.74, 6) is 0. The predicted molar refractivity (Wildman–Crippen MR) is 264 cm³/mol. The van der Waals surface area contributed by atoms with Gasteiger partial charge in [-0.15, -0.1) is 0 Å². The maximum atomic E-state index is 6.40. The van der Waals surface area contributed by atoms with E-state index in [0.717, 1.165) is 72.5 Å². The Morgan fingerprint density at radius 2 is 0.841 bits per heavy atom. The van der Waals surface area contributed by atoms with Crippen LogP contribution in [0.15, 0.2) is 247 Å².